The number of carbonyl (C=O) groups is 1. The summed E-state index contributed by atoms with van der Waals surface area (Å²) >= 11 is 0. The van der Waals surface area contributed by atoms with Crippen molar-refractivity contribution in [3.63, 3.8) is 0 Å². The third-order valence-electron chi connectivity index (χ3n) is 6.16. The van der Waals surface area contributed by atoms with Gasteiger partial charge in [0.05, 0.1) is 6.10 Å². The van der Waals surface area contributed by atoms with Crippen molar-refractivity contribution in [2.24, 2.45) is 0 Å². The number of nitrogens with zero attached hydrogens (tertiary/aromatic N) is 2. The molecule has 0 unspecified atom stereocenters. The molecule has 4 rings (SSSR count). The monoisotopic (exact) mass is 398 g/mol. The van der Waals surface area contributed by atoms with E-state index < -0.39 is 0 Å². The van der Waals surface area contributed by atoms with E-state index >= 15 is 0 Å². The van der Waals surface area contributed by atoms with Crippen molar-refractivity contribution >= 4 is 6.09 Å². The minimum atomic E-state index is -0.304. The first-order valence-corrected chi connectivity index (χ1v) is 10.8. The van der Waals surface area contributed by atoms with Crippen LogP contribution in [0.15, 0.2) is 35.1 Å². The second-order valence-electron chi connectivity index (χ2n) is 8.18. The Balaban J connectivity index is 1.35. The lowest BCUT2D eigenvalue weighted by atomic mass is 9.98. The Morgan fingerprint density at radius 2 is 1.76 bits per heavy atom. The molecule has 1 aromatic carbocycles. The van der Waals surface area contributed by atoms with Crippen LogP contribution >= 0.6 is 0 Å². The van der Waals surface area contributed by atoms with E-state index in [1.807, 2.05) is 31.3 Å². The first-order chi connectivity index (χ1) is 14.2. The topological polar surface area (TPSA) is 64.8 Å². The molecule has 0 bridgehead atoms. The molecule has 1 aromatic heterocycles. The number of rotatable bonds is 6. The summed E-state index contributed by atoms with van der Waals surface area (Å²) in [4.78, 5) is 14.0. The molecule has 2 aliphatic carbocycles. The van der Waals surface area contributed by atoms with Gasteiger partial charge in [-0.05, 0) is 56.2 Å². The minimum absolute atomic E-state index is 0.0993. The van der Waals surface area contributed by atoms with Crippen LogP contribution in [0.3, 0.4) is 0 Å². The van der Waals surface area contributed by atoms with Gasteiger partial charge in [0.15, 0.2) is 0 Å². The number of hydrogen-bond acceptors (Lipinski definition) is 5. The zero-order valence-corrected chi connectivity index (χ0v) is 17.1. The van der Waals surface area contributed by atoms with Gasteiger partial charge in [0.1, 0.15) is 24.3 Å². The smallest absolute Gasteiger partial charge is 0.410 e. The minimum Gasteiger partial charge on any atom is -0.490 e. The number of ether oxygens (including phenoxy) is 2. The molecule has 0 spiro atoms. The van der Waals surface area contributed by atoms with Gasteiger partial charge < -0.3 is 18.9 Å². The first-order valence-electron chi connectivity index (χ1n) is 10.8. The van der Waals surface area contributed by atoms with Crippen molar-refractivity contribution in [3.8, 4) is 16.9 Å². The molecule has 1 heterocycles. The van der Waals surface area contributed by atoms with Crippen LogP contribution in [0, 0.1) is 0 Å². The van der Waals surface area contributed by atoms with E-state index in [9.17, 15) is 4.79 Å². The summed E-state index contributed by atoms with van der Waals surface area (Å²) in [7, 11) is 1.81. The molecule has 0 saturated heterocycles. The average Bonchev–Trinajstić information content (AvgIpc) is 3.45. The van der Waals surface area contributed by atoms with Crippen LogP contribution in [0.4, 0.5) is 4.79 Å². The summed E-state index contributed by atoms with van der Waals surface area (Å²) in [6.45, 7) is 0.0993. The quantitative estimate of drug-likeness (QED) is 0.637. The number of aromatic nitrogens is 1. The van der Waals surface area contributed by atoms with Gasteiger partial charge in [0.2, 0.25) is 0 Å². The Hall–Kier alpha value is -2.50. The van der Waals surface area contributed by atoms with Crippen LogP contribution < -0.4 is 4.74 Å². The summed E-state index contributed by atoms with van der Waals surface area (Å²) in [6, 6.07) is 8.26. The van der Waals surface area contributed by atoms with E-state index in [0.29, 0.717) is 11.8 Å². The third kappa shape index (κ3) is 4.92. The molecule has 2 fully saturated rings. The SMILES string of the molecule is CN(C(=O)OCc1nocc1-c1ccc(OC2CCCCC2)cc1)C1CCCC1. The Morgan fingerprint density at radius 1 is 1.07 bits per heavy atom. The van der Waals surface area contributed by atoms with Gasteiger partial charge in [-0.3, -0.25) is 0 Å². The number of amides is 1. The predicted molar refractivity (Wildman–Crippen MR) is 110 cm³/mol. The van der Waals surface area contributed by atoms with E-state index in [-0.39, 0.29) is 18.7 Å². The van der Waals surface area contributed by atoms with Crippen LogP contribution in [0.5, 0.6) is 5.75 Å². The number of carbonyl (C=O) groups excluding carboxylic acids is 1. The van der Waals surface area contributed by atoms with Gasteiger partial charge in [0.25, 0.3) is 0 Å². The number of hydrogen-bond donors (Lipinski definition) is 0. The highest BCUT2D eigenvalue weighted by atomic mass is 16.6. The maximum absolute atomic E-state index is 12.3. The standard InChI is InChI=1S/C23H30N2O4/c1-25(18-7-5-6-8-18)23(26)27-16-22-21(15-28-24-22)17-11-13-20(14-12-17)29-19-9-3-2-4-10-19/h11-15,18-19H,2-10,16H2,1H3. The van der Waals surface area contributed by atoms with Crippen LogP contribution in [0.25, 0.3) is 11.1 Å². The highest BCUT2D eigenvalue weighted by molar-refractivity contribution is 5.69. The fraction of sp³-hybridized carbons (Fsp3) is 0.565. The lowest BCUT2D eigenvalue weighted by Gasteiger charge is -2.23. The van der Waals surface area contributed by atoms with Gasteiger partial charge >= 0.3 is 6.09 Å². The number of benzene rings is 1. The normalized spacial score (nSPS) is 18.0. The van der Waals surface area contributed by atoms with E-state index in [1.54, 1.807) is 11.2 Å². The second-order valence-corrected chi connectivity index (χ2v) is 8.18. The van der Waals surface area contributed by atoms with Crippen molar-refractivity contribution in [1.82, 2.24) is 10.1 Å². The summed E-state index contributed by atoms with van der Waals surface area (Å²) in [6.07, 6.45) is 12.2. The molecule has 0 N–H and O–H groups in total. The molecule has 2 aliphatic rings. The molecule has 2 saturated carbocycles. The van der Waals surface area contributed by atoms with Crippen molar-refractivity contribution in [1.29, 1.82) is 0 Å². The van der Waals surface area contributed by atoms with E-state index in [4.69, 9.17) is 14.0 Å². The van der Waals surface area contributed by atoms with Gasteiger partial charge in [-0.15, -0.1) is 0 Å². The van der Waals surface area contributed by atoms with Gasteiger partial charge in [-0.1, -0.05) is 36.6 Å². The predicted octanol–water partition coefficient (Wildman–Crippen LogP) is 5.56. The summed E-state index contributed by atoms with van der Waals surface area (Å²) in [5, 5.41) is 4.04. The van der Waals surface area contributed by atoms with Crippen molar-refractivity contribution in [2.75, 3.05) is 7.05 Å². The highest BCUT2D eigenvalue weighted by Gasteiger charge is 2.25. The molecule has 0 aliphatic heterocycles. The van der Waals surface area contributed by atoms with E-state index in [1.165, 1.54) is 32.1 Å². The Morgan fingerprint density at radius 3 is 2.48 bits per heavy atom. The molecule has 1 amide bonds. The second kappa shape index (κ2) is 9.33. The highest BCUT2D eigenvalue weighted by Crippen LogP contribution is 2.29. The zero-order chi connectivity index (χ0) is 20.1. The summed E-state index contributed by atoms with van der Waals surface area (Å²) in [5.74, 6) is 0.892. The molecule has 0 atom stereocenters. The third-order valence-corrected chi connectivity index (χ3v) is 6.16. The molecule has 6 heteroatoms. The van der Waals surface area contributed by atoms with Crippen LogP contribution in [-0.2, 0) is 11.3 Å². The van der Waals surface area contributed by atoms with Crippen LogP contribution in [-0.4, -0.2) is 35.3 Å². The van der Waals surface area contributed by atoms with Crippen molar-refractivity contribution in [2.45, 2.75) is 76.5 Å². The average molecular weight is 399 g/mol. The fourth-order valence-corrected chi connectivity index (χ4v) is 4.36. The largest absolute Gasteiger partial charge is 0.490 e. The Kier molecular flexibility index (Phi) is 6.37. The molecular formula is C23H30N2O4. The molecule has 0 radical (unpaired) electrons. The lowest BCUT2D eigenvalue weighted by molar-refractivity contribution is 0.0900. The Labute approximate surface area is 172 Å². The van der Waals surface area contributed by atoms with Crippen LogP contribution in [0.1, 0.15) is 63.5 Å². The molecular weight excluding hydrogens is 368 g/mol. The zero-order valence-electron chi connectivity index (χ0n) is 17.1. The van der Waals surface area contributed by atoms with Crippen molar-refractivity contribution in [3.05, 3.63) is 36.2 Å². The first kappa shape index (κ1) is 19.8. The molecule has 156 valence electrons. The van der Waals surface area contributed by atoms with E-state index in [2.05, 4.69) is 5.16 Å². The molecule has 2 aromatic rings. The maximum Gasteiger partial charge on any atom is 0.410 e. The maximum atomic E-state index is 12.3. The summed E-state index contributed by atoms with van der Waals surface area (Å²) < 4.78 is 16.7. The molecule has 29 heavy (non-hydrogen) atoms. The van der Waals surface area contributed by atoms with Gasteiger partial charge in [-0.2, -0.15) is 0 Å². The summed E-state index contributed by atoms with van der Waals surface area (Å²) in [5.41, 5.74) is 2.43. The molecule has 6 nitrogen and oxygen atoms in total. The van der Waals surface area contributed by atoms with Crippen LogP contribution in [0.2, 0.25) is 0 Å². The Bertz CT molecular complexity index is 789. The van der Waals surface area contributed by atoms with E-state index in [0.717, 1.165) is 42.6 Å². The van der Waals surface area contributed by atoms with Crippen molar-refractivity contribution < 1.29 is 18.8 Å². The van der Waals surface area contributed by atoms with Gasteiger partial charge in [-0.25, -0.2) is 4.79 Å². The van der Waals surface area contributed by atoms with Gasteiger partial charge in [0, 0.05) is 18.7 Å². The lowest BCUT2D eigenvalue weighted by Crippen LogP contribution is -2.35. The fourth-order valence-electron chi connectivity index (χ4n) is 4.36.